The number of Topliss-reactive ketones (excluding diaryl/α,β-unsaturated/α-hetero) is 1. The number of hydrogen-bond acceptors (Lipinski definition) is 2. The number of carboxylic acids is 1. The number of carboxylic acid groups (broad SMARTS) is 1. The maximum absolute atomic E-state index is 12.2. The van der Waals surface area contributed by atoms with Crippen LogP contribution in [0.15, 0.2) is 42.5 Å². The summed E-state index contributed by atoms with van der Waals surface area (Å²) >= 11 is 0. The van der Waals surface area contributed by atoms with Crippen molar-refractivity contribution in [3.8, 4) is 0 Å². The zero-order valence-electron chi connectivity index (χ0n) is 13.9. The van der Waals surface area contributed by atoms with Crippen molar-refractivity contribution < 1.29 is 14.7 Å². The lowest BCUT2D eigenvalue weighted by Crippen LogP contribution is -2.27. The van der Waals surface area contributed by atoms with Crippen molar-refractivity contribution in [3.05, 3.63) is 70.3 Å². The summed E-state index contributed by atoms with van der Waals surface area (Å²) in [5, 5.41) is 8.91. The molecule has 0 bridgehead atoms. The molecule has 2 aromatic carbocycles. The van der Waals surface area contributed by atoms with Crippen molar-refractivity contribution in [2.45, 2.75) is 32.1 Å². The van der Waals surface area contributed by atoms with Gasteiger partial charge in [0.05, 0.1) is 5.56 Å². The molecule has 0 aliphatic heterocycles. The second kappa shape index (κ2) is 6.08. The largest absolute Gasteiger partial charge is 0.478 e. The number of carbonyl (C=O) groups excluding carboxylic acids is 1. The predicted molar refractivity (Wildman–Crippen MR) is 95.4 cm³/mol. The van der Waals surface area contributed by atoms with Gasteiger partial charge in [0, 0.05) is 12.0 Å². The second-order valence-corrected chi connectivity index (χ2v) is 6.87. The number of aromatic carboxylic acids is 1. The first-order chi connectivity index (χ1) is 11.4. The Morgan fingerprint density at radius 3 is 2.33 bits per heavy atom. The Morgan fingerprint density at radius 2 is 1.67 bits per heavy atom. The Balaban J connectivity index is 1.87. The number of benzene rings is 2. The Labute approximate surface area is 141 Å². The van der Waals surface area contributed by atoms with Crippen LogP contribution in [-0.2, 0) is 5.41 Å². The molecule has 3 heteroatoms. The van der Waals surface area contributed by atoms with E-state index in [0.29, 0.717) is 6.42 Å². The highest BCUT2D eigenvalue weighted by Crippen LogP contribution is 2.37. The van der Waals surface area contributed by atoms with Gasteiger partial charge < -0.3 is 5.11 Å². The van der Waals surface area contributed by atoms with E-state index in [0.717, 1.165) is 28.7 Å². The molecule has 0 amide bonds. The van der Waals surface area contributed by atoms with Crippen LogP contribution in [0.1, 0.15) is 64.1 Å². The molecule has 0 saturated carbocycles. The molecule has 0 saturated heterocycles. The first-order valence-electron chi connectivity index (χ1n) is 8.06. The summed E-state index contributed by atoms with van der Waals surface area (Å²) in [4.78, 5) is 23.1. The number of hydrogen-bond donors (Lipinski definition) is 1. The number of carbonyl (C=O) groups is 2. The molecule has 0 atom stereocenters. The third kappa shape index (κ3) is 3.16. The molecule has 24 heavy (non-hydrogen) atoms. The number of fused-ring (bicyclic) bond motifs is 1. The molecule has 0 spiro atoms. The van der Waals surface area contributed by atoms with Crippen molar-refractivity contribution in [1.29, 1.82) is 0 Å². The normalized spacial score (nSPS) is 16.2. The van der Waals surface area contributed by atoms with Crippen molar-refractivity contribution >= 4 is 23.9 Å². The molecule has 1 N–H and O–H groups in total. The maximum atomic E-state index is 12.2. The Bertz CT molecular complexity index is 827. The number of rotatable bonds is 3. The zero-order valence-corrected chi connectivity index (χ0v) is 13.9. The van der Waals surface area contributed by atoms with Crippen LogP contribution in [0.5, 0.6) is 0 Å². The van der Waals surface area contributed by atoms with Crippen LogP contribution < -0.4 is 0 Å². The lowest BCUT2D eigenvalue weighted by atomic mass is 9.72. The fraction of sp³-hybridized carbons (Fsp3) is 0.238. The minimum Gasteiger partial charge on any atom is -0.478 e. The van der Waals surface area contributed by atoms with Crippen molar-refractivity contribution in [1.82, 2.24) is 0 Å². The fourth-order valence-corrected chi connectivity index (χ4v) is 3.11. The van der Waals surface area contributed by atoms with Gasteiger partial charge in [-0.25, -0.2) is 4.79 Å². The molecule has 0 radical (unpaired) electrons. The summed E-state index contributed by atoms with van der Waals surface area (Å²) in [6.07, 6.45) is 5.37. The van der Waals surface area contributed by atoms with Crippen molar-refractivity contribution in [2.75, 3.05) is 0 Å². The van der Waals surface area contributed by atoms with Gasteiger partial charge in [-0.2, -0.15) is 0 Å². The van der Waals surface area contributed by atoms with Gasteiger partial charge in [0.2, 0.25) is 0 Å². The van der Waals surface area contributed by atoms with E-state index in [2.05, 4.69) is 19.9 Å². The summed E-state index contributed by atoms with van der Waals surface area (Å²) in [5.41, 5.74) is 4.16. The molecule has 0 heterocycles. The fourth-order valence-electron chi connectivity index (χ4n) is 3.11. The maximum Gasteiger partial charge on any atom is 0.335 e. The first kappa shape index (κ1) is 16.2. The molecule has 122 valence electrons. The minimum atomic E-state index is -0.929. The Kier molecular flexibility index (Phi) is 4.10. The molecular weight excluding hydrogens is 300 g/mol. The van der Waals surface area contributed by atoms with Crippen LogP contribution in [0.25, 0.3) is 12.2 Å². The minimum absolute atomic E-state index is 0.0398. The van der Waals surface area contributed by atoms with Crippen molar-refractivity contribution in [2.24, 2.45) is 0 Å². The van der Waals surface area contributed by atoms with E-state index < -0.39 is 5.97 Å². The number of ketones is 1. The quantitative estimate of drug-likeness (QED) is 0.826. The van der Waals surface area contributed by atoms with Crippen LogP contribution in [0.4, 0.5) is 0 Å². The molecule has 3 nitrogen and oxygen atoms in total. The summed E-state index contributed by atoms with van der Waals surface area (Å²) in [7, 11) is 0. The van der Waals surface area contributed by atoms with E-state index >= 15 is 0 Å². The van der Waals surface area contributed by atoms with Crippen molar-refractivity contribution in [3.63, 3.8) is 0 Å². The topological polar surface area (TPSA) is 54.4 Å². The zero-order chi connectivity index (χ0) is 17.3. The Morgan fingerprint density at radius 1 is 1.04 bits per heavy atom. The summed E-state index contributed by atoms with van der Waals surface area (Å²) in [5.74, 6) is -0.716. The first-order valence-corrected chi connectivity index (χ1v) is 8.06. The highest BCUT2D eigenvalue weighted by molar-refractivity contribution is 5.99. The monoisotopic (exact) mass is 320 g/mol. The lowest BCUT2D eigenvalue weighted by molar-refractivity contribution is 0.0696. The smallest absolute Gasteiger partial charge is 0.335 e. The molecule has 2 aromatic rings. The molecule has 3 rings (SSSR count). The van der Waals surface area contributed by atoms with Crippen LogP contribution >= 0.6 is 0 Å². The highest BCUT2D eigenvalue weighted by atomic mass is 16.4. The van der Waals surface area contributed by atoms with E-state index in [1.54, 1.807) is 24.3 Å². The van der Waals surface area contributed by atoms with E-state index in [-0.39, 0.29) is 16.8 Å². The van der Waals surface area contributed by atoms with Crippen LogP contribution in [0.3, 0.4) is 0 Å². The van der Waals surface area contributed by atoms with Gasteiger partial charge in [0.1, 0.15) is 0 Å². The SMILES string of the molecule is CC1(C)CCC(=O)c2cc(/C=C\c3ccc(C(=O)O)cc3)ccc21. The third-order valence-corrected chi connectivity index (χ3v) is 4.68. The molecule has 0 aromatic heterocycles. The average Bonchev–Trinajstić information content (AvgIpc) is 2.57. The van der Waals surface area contributed by atoms with Gasteiger partial charge >= 0.3 is 5.97 Å². The second-order valence-electron chi connectivity index (χ2n) is 6.87. The van der Waals surface area contributed by atoms with Gasteiger partial charge in [0.15, 0.2) is 5.78 Å². The summed E-state index contributed by atoms with van der Waals surface area (Å²) in [6.45, 7) is 4.36. The molecule has 0 unspecified atom stereocenters. The van der Waals surface area contributed by atoms with Gasteiger partial charge in [-0.05, 0) is 46.7 Å². The Hall–Kier alpha value is -2.68. The van der Waals surface area contributed by atoms with Crippen LogP contribution in [0.2, 0.25) is 0 Å². The standard InChI is InChI=1S/C21H20O3/c1-21(2)12-11-19(22)17-13-15(7-10-18(17)21)4-3-14-5-8-16(9-6-14)20(23)24/h3-10,13H,11-12H2,1-2H3,(H,23,24)/b4-3-. The van der Waals surface area contributed by atoms with Gasteiger partial charge in [0.25, 0.3) is 0 Å². The third-order valence-electron chi connectivity index (χ3n) is 4.68. The van der Waals surface area contributed by atoms with Crippen LogP contribution in [0, 0.1) is 0 Å². The van der Waals surface area contributed by atoms with Gasteiger partial charge in [-0.15, -0.1) is 0 Å². The van der Waals surface area contributed by atoms with E-state index in [1.807, 2.05) is 24.3 Å². The average molecular weight is 320 g/mol. The highest BCUT2D eigenvalue weighted by Gasteiger charge is 2.31. The summed E-state index contributed by atoms with van der Waals surface area (Å²) in [6, 6.07) is 12.8. The van der Waals surface area contributed by atoms with E-state index in [1.165, 1.54) is 0 Å². The molecule has 1 aliphatic rings. The van der Waals surface area contributed by atoms with Gasteiger partial charge in [-0.1, -0.05) is 50.3 Å². The molecule has 1 aliphatic carbocycles. The molecular formula is C21H20O3. The van der Waals surface area contributed by atoms with Gasteiger partial charge in [-0.3, -0.25) is 4.79 Å². The lowest BCUT2D eigenvalue weighted by Gasteiger charge is -2.31. The molecule has 0 fully saturated rings. The van der Waals surface area contributed by atoms with E-state index in [9.17, 15) is 9.59 Å². The predicted octanol–water partition coefficient (Wildman–Crippen LogP) is 4.81. The van der Waals surface area contributed by atoms with Crippen LogP contribution in [-0.4, -0.2) is 16.9 Å². The summed E-state index contributed by atoms with van der Waals surface area (Å²) < 4.78 is 0. The van der Waals surface area contributed by atoms with E-state index in [4.69, 9.17) is 5.11 Å².